The van der Waals surface area contributed by atoms with E-state index in [0.29, 0.717) is 22.3 Å². The van der Waals surface area contributed by atoms with Crippen LogP contribution in [0.5, 0.6) is 0 Å². The summed E-state index contributed by atoms with van der Waals surface area (Å²) in [5.41, 5.74) is 3.45. The fraction of sp³-hybridized carbons (Fsp3) is 0.286. The van der Waals surface area contributed by atoms with Crippen molar-refractivity contribution in [2.75, 3.05) is 0 Å². The molecular weight excluding hydrogens is 284 g/mol. The second kappa shape index (κ2) is 8.94. The van der Waals surface area contributed by atoms with E-state index >= 15 is 0 Å². The molecule has 0 bridgehead atoms. The molecule has 0 saturated carbocycles. The number of hydrogen-bond acceptors (Lipinski definition) is 2. The summed E-state index contributed by atoms with van der Waals surface area (Å²) in [4.78, 5) is 12.3. The molecule has 1 heterocycles. The highest BCUT2D eigenvalue weighted by atomic mass is 16.3. The van der Waals surface area contributed by atoms with Crippen molar-refractivity contribution < 1.29 is 4.42 Å². The average Bonchev–Trinajstić information content (AvgIpc) is 2.62. The van der Waals surface area contributed by atoms with Crippen molar-refractivity contribution in [3.05, 3.63) is 69.9 Å². The van der Waals surface area contributed by atoms with Gasteiger partial charge < -0.3 is 4.42 Å². The Morgan fingerprint density at radius 3 is 1.96 bits per heavy atom. The van der Waals surface area contributed by atoms with E-state index in [1.165, 1.54) is 5.56 Å². The maximum atomic E-state index is 12.3. The van der Waals surface area contributed by atoms with Crippen molar-refractivity contribution in [2.45, 2.75) is 41.5 Å². The van der Waals surface area contributed by atoms with Gasteiger partial charge in [0.2, 0.25) is 0 Å². The first-order valence-electron chi connectivity index (χ1n) is 8.26. The van der Waals surface area contributed by atoms with Crippen molar-refractivity contribution in [3.63, 3.8) is 0 Å². The molecule has 0 spiro atoms. The molecule has 0 N–H and O–H groups in total. The zero-order valence-corrected chi connectivity index (χ0v) is 14.9. The fourth-order valence-electron chi connectivity index (χ4n) is 2.22. The van der Waals surface area contributed by atoms with Gasteiger partial charge in [0.15, 0.2) is 5.43 Å². The summed E-state index contributed by atoms with van der Waals surface area (Å²) in [5, 5.41) is 0.635. The molecule has 122 valence electrons. The maximum Gasteiger partial charge on any atom is 0.196 e. The second-order valence-electron chi connectivity index (χ2n) is 4.75. The monoisotopic (exact) mass is 310 g/mol. The highest BCUT2D eigenvalue weighted by Gasteiger charge is 2.11. The molecule has 0 fully saturated rings. The van der Waals surface area contributed by atoms with Gasteiger partial charge in [-0.3, -0.25) is 4.79 Å². The molecule has 0 aliphatic rings. The van der Waals surface area contributed by atoms with Gasteiger partial charge in [-0.2, -0.15) is 0 Å². The number of fused-ring (bicyclic) bond motifs is 1. The fourth-order valence-corrected chi connectivity index (χ4v) is 2.22. The molecular formula is C21H26O2. The second-order valence-corrected chi connectivity index (χ2v) is 4.75. The Hall–Kier alpha value is -2.35. The maximum absolute atomic E-state index is 12.3. The zero-order valence-electron chi connectivity index (χ0n) is 14.9. The van der Waals surface area contributed by atoms with Gasteiger partial charge in [-0.15, -0.1) is 0 Å². The van der Waals surface area contributed by atoms with Crippen LogP contribution in [0.4, 0.5) is 0 Å². The van der Waals surface area contributed by atoms with Crippen LogP contribution in [-0.2, 0) is 0 Å². The van der Waals surface area contributed by atoms with Gasteiger partial charge in [0.05, 0.1) is 5.39 Å². The van der Waals surface area contributed by atoms with E-state index in [9.17, 15) is 4.79 Å². The molecule has 23 heavy (non-hydrogen) atoms. The normalized spacial score (nSPS) is 9.48. The van der Waals surface area contributed by atoms with Crippen LogP contribution in [0.1, 0.15) is 38.8 Å². The third-order valence-electron chi connectivity index (χ3n) is 3.34. The summed E-state index contributed by atoms with van der Waals surface area (Å²) in [6, 6.07) is 15.4. The van der Waals surface area contributed by atoms with Crippen LogP contribution in [0.3, 0.4) is 0 Å². The van der Waals surface area contributed by atoms with Crippen LogP contribution in [0.15, 0.2) is 57.7 Å². The van der Waals surface area contributed by atoms with Crippen LogP contribution < -0.4 is 5.43 Å². The molecule has 0 aliphatic heterocycles. The largest absolute Gasteiger partial charge is 0.456 e. The molecule has 2 heteroatoms. The lowest BCUT2D eigenvalue weighted by molar-refractivity contribution is 0.614. The van der Waals surface area contributed by atoms with Gasteiger partial charge in [-0.25, -0.2) is 0 Å². The van der Waals surface area contributed by atoms with Crippen molar-refractivity contribution in [1.29, 1.82) is 0 Å². The predicted molar refractivity (Wildman–Crippen MR) is 100 cm³/mol. The zero-order chi connectivity index (χ0) is 17.4. The van der Waals surface area contributed by atoms with E-state index in [4.69, 9.17) is 4.42 Å². The van der Waals surface area contributed by atoms with Crippen molar-refractivity contribution in [1.82, 2.24) is 0 Å². The van der Waals surface area contributed by atoms with Gasteiger partial charge in [0, 0.05) is 11.1 Å². The van der Waals surface area contributed by atoms with Crippen molar-refractivity contribution in [2.24, 2.45) is 0 Å². The number of rotatable bonds is 1. The molecule has 0 saturated heterocycles. The van der Waals surface area contributed by atoms with E-state index < -0.39 is 0 Å². The first kappa shape index (κ1) is 18.7. The SMILES string of the molecule is CC.CC.Cc1ccc(-c2oc3ccccc3c(=O)c2C)cc1. The lowest BCUT2D eigenvalue weighted by atomic mass is 10.0. The highest BCUT2D eigenvalue weighted by Crippen LogP contribution is 2.25. The van der Waals surface area contributed by atoms with Crippen LogP contribution in [0.25, 0.3) is 22.3 Å². The minimum Gasteiger partial charge on any atom is -0.456 e. The Bertz CT molecular complexity index is 796. The van der Waals surface area contributed by atoms with E-state index in [1.807, 2.05) is 84.0 Å². The highest BCUT2D eigenvalue weighted by molar-refractivity contribution is 5.80. The topological polar surface area (TPSA) is 30.2 Å². The lowest BCUT2D eigenvalue weighted by Crippen LogP contribution is -2.06. The number of para-hydroxylation sites is 1. The summed E-state index contributed by atoms with van der Waals surface area (Å²) in [7, 11) is 0. The molecule has 1 aromatic heterocycles. The minimum atomic E-state index is 0.0393. The van der Waals surface area contributed by atoms with Crippen LogP contribution in [-0.4, -0.2) is 0 Å². The van der Waals surface area contributed by atoms with E-state index in [2.05, 4.69) is 0 Å². The number of aryl methyl sites for hydroxylation is 1. The quantitative estimate of drug-likeness (QED) is 0.541. The van der Waals surface area contributed by atoms with E-state index in [1.54, 1.807) is 6.07 Å². The first-order chi connectivity index (χ1) is 11.2. The van der Waals surface area contributed by atoms with Gasteiger partial charge in [-0.05, 0) is 26.0 Å². The molecule has 0 aliphatic carbocycles. The third-order valence-corrected chi connectivity index (χ3v) is 3.34. The number of hydrogen-bond donors (Lipinski definition) is 0. The molecule has 3 aromatic rings. The summed E-state index contributed by atoms with van der Waals surface area (Å²) < 4.78 is 5.90. The molecule has 3 rings (SSSR count). The van der Waals surface area contributed by atoms with Gasteiger partial charge in [0.25, 0.3) is 0 Å². The van der Waals surface area contributed by atoms with Crippen LogP contribution in [0.2, 0.25) is 0 Å². The Kier molecular flexibility index (Phi) is 7.27. The van der Waals surface area contributed by atoms with Crippen LogP contribution >= 0.6 is 0 Å². The Morgan fingerprint density at radius 1 is 0.783 bits per heavy atom. The van der Waals surface area contributed by atoms with Crippen LogP contribution in [0, 0.1) is 13.8 Å². The van der Waals surface area contributed by atoms with Gasteiger partial charge in [0.1, 0.15) is 11.3 Å². The molecule has 0 radical (unpaired) electrons. The lowest BCUT2D eigenvalue weighted by Gasteiger charge is -2.07. The smallest absolute Gasteiger partial charge is 0.196 e. The number of benzene rings is 2. The first-order valence-corrected chi connectivity index (χ1v) is 8.26. The molecule has 2 aromatic carbocycles. The Morgan fingerprint density at radius 2 is 1.35 bits per heavy atom. The molecule has 2 nitrogen and oxygen atoms in total. The Balaban J connectivity index is 0.000000615. The predicted octanol–water partition coefficient (Wildman–Crippen LogP) is 6.13. The third kappa shape index (κ3) is 4.10. The van der Waals surface area contributed by atoms with E-state index in [-0.39, 0.29) is 5.43 Å². The van der Waals surface area contributed by atoms with Crippen molar-refractivity contribution in [3.8, 4) is 11.3 Å². The molecule has 0 unspecified atom stereocenters. The summed E-state index contributed by atoms with van der Waals surface area (Å²) in [6.45, 7) is 11.8. The molecule has 0 atom stereocenters. The average molecular weight is 310 g/mol. The van der Waals surface area contributed by atoms with Gasteiger partial charge in [-0.1, -0.05) is 69.7 Å². The van der Waals surface area contributed by atoms with Crippen molar-refractivity contribution >= 4 is 11.0 Å². The minimum absolute atomic E-state index is 0.0393. The Labute approximate surface area is 138 Å². The standard InChI is InChI=1S/C17H14O2.2C2H6/c1-11-7-9-13(10-8-11)17-12(2)16(18)14-5-3-4-6-15(14)19-17;2*1-2/h3-10H,1-2H3;2*1-2H3. The summed E-state index contributed by atoms with van der Waals surface area (Å²) in [5.74, 6) is 0.656. The summed E-state index contributed by atoms with van der Waals surface area (Å²) in [6.07, 6.45) is 0. The molecule has 0 amide bonds. The van der Waals surface area contributed by atoms with E-state index in [0.717, 1.165) is 5.56 Å². The summed E-state index contributed by atoms with van der Waals surface area (Å²) >= 11 is 0. The van der Waals surface area contributed by atoms with Gasteiger partial charge >= 0.3 is 0 Å².